The van der Waals surface area contributed by atoms with Gasteiger partial charge in [0.1, 0.15) is 5.82 Å². The van der Waals surface area contributed by atoms with Crippen LogP contribution in [-0.4, -0.2) is 10.8 Å². The number of nitrogens with zero attached hydrogens (tertiary/aromatic N) is 1. The lowest BCUT2D eigenvalue weighted by atomic mass is 10.2. The summed E-state index contributed by atoms with van der Waals surface area (Å²) in [5, 5.41) is 13.2. The Morgan fingerprint density at radius 1 is 1.33 bits per heavy atom. The summed E-state index contributed by atoms with van der Waals surface area (Å²) in [6.45, 7) is 0. The number of hydrogen-bond donors (Lipinski definition) is 1. The van der Waals surface area contributed by atoms with Crippen LogP contribution in [0.2, 0.25) is 5.02 Å². The van der Waals surface area contributed by atoms with Crippen LogP contribution < -0.4 is 5.32 Å². The van der Waals surface area contributed by atoms with Crippen LogP contribution in [0, 0.1) is 15.9 Å². The van der Waals surface area contributed by atoms with Crippen LogP contribution in [0.25, 0.3) is 0 Å². The van der Waals surface area contributed by atoms with E-state index in [-0.39, 0.29) is 26.4 Å². The zero-order chi connectivity index (χ0) is 15.6. The Balaban J connectivity index is 2.33. The molecule has 1 amide bonds. The third-order valence-corrected chi connectivity index (χ3v) is 3.55. The molecule has 2 aromatic carbocycles. The fourth-order valence-electron chi connectivity index (χ4n) is 1.59. The maximum Gasteiger partial charge on any atom is 0.271 e. The van der Waals surface area contributed by atoms with Gasteiger partial charge in [-0.25, -0.2) is 4.39 Å². The van der Waals surface area contributed by atoms with Gasteiger partial charge in [-0.15, -0.1) is 0 Å². The fourth-order valence-corrected chi connectivity index (χ4v) is 2.12. The molecule has 2 rings (SSSR count). The minimum Gasteiger partial charge on any atom is -0.320 e. The lowest BCUT2D eigenvalue weighted by Crippen LogP contribution is -2.14. The predicted octanol–water partition coefficient (Wildman–Crippen LogP) is 4.40. The summed E-state index contributed by atoms with van der Waals surface area (Å²) in [6.07, 6.45) is 0. The molecule has 0 saturated carbocycles. The zero-order valence-corrected chi connectivity index (χ0v) is 12.6. The monoisotopic (exact) mass is 372 g/mol. The van der Waals surface area contributed by atoms with E-state index in [4.69, 9.17) is 11.6 Å². The highest BCUT2D eigenvalue weighted by molar-refractivity contribution is 9.10. The molecule has 0 aliphatic rings. The highest BCUT2D eigenvalue weighted by atomic mass is 79.9. The molecule has 0 unspecified atom stereocenters. The van der Waals surface area contributed by atoms with Gasteiger partial charge in [-0.1, -0.05) is 17.7 Å². The van der Waals surface area contributed by atoms with Crippen LogP contribution in [0.4, 0.5) is 15.8 Å². The van der Waals surface area contributed by atoms with Crippen molar-refractivity contribution in [1.29, 1.82) is 0 Å². The minimum atomic E-state index is -0.754. The van der Waals surface area contributed by atoms with Gasteiger partial charge in [0.25, 0.3) is 11.6 Å². The maximum absolute atomic E-state index is 13.8. The summed E-state index contributed by atoms with van der Waals surface area (Å²) in [5.74, 6) is -1.48. The number of hydrogen-bond acceptors (Lipinski definition) is 3. The number of anilines is 1. The number of non-ortho nitro benzene ring substituents is 1. The highest BCUT2D eigenvalue weighted by Crippen LogP contribution is 2.28. The van der Waals surface area contributed by atoms with E-state index in [0.717, 1.165) is 6.07 Å². The second-order valence-corrected chi connectivity index (χ2v) is 5.24. The van der Waals surface area contributed by atoms with Crippen molar-refractivity contribution in [2.24, 2.45) is 0 Å². The van der Waals surface area contributed by atoms with Crippen LogP contribution in [0.15, 0.2) is 40.9 Å². The first-order valence-electron chi connectivity index (χ1n) is 5.59. The Morgan fingerprint density at radius 3 is 2.71 bits per heavy atom. The quantitative estimate of drug-likeness (QED) is 0.640. The van der Waals surface area contributed by atoms with Gasteiger partial charge in [0.15, 0.2) is 0 Å². The van der Waals surface area contributed by atoms with Crippen LogP contribution in [-0.2, 0) is 0 Å². The number of benzene rings is 2. The molecule has 108 valence electrons. The first-order valence-corrected chi connectivity index (χ1v) is 6.76. The van der Waals surface area contributed by atoms with Gasteiger partial charge in [-0.05, 0) is 34.1 Å². The van der Waals surface area contributed by atoms with Crippen LogP contribution in [0.3, 0.4) is 0 Å². The number of amides is 1. The molecule has 0 saturated heterocycles. The van der Waals surface area contributed by atoms with E-state index in [0.29, 0.717) is 0 Å². The number of carbonyl (C=O) groups is 1. The van der Waals surface area contributed by atoms with Gasteiger partial charge in [0.2, 0.25) is 0 Å². The average Bonchev–Trinajstić information content (AvgIpc) is 2.43. The fraction of sp³-hybridized carbons (Fsp3) is 0. The molecule has 0 heterocycles. The van der Waals surface area contributed by atoms with E-state index in [1.54, 1.807) is 0 Å². The molecule has 0 fully saturated rings. The Kier molecular flexibility index (Phi) is 4.54. The van der Waals surface area contributed by atoms with Gasteiger partial charge >= 0.3 is 0 Å². The van der Waals surface area contributed by atoms with E-state index < -0.39 is 16.6 Å². The van der Waals surface area contributed by atoms with Crippen molar-refractivity contribution in [2.75, 3.05) is 5.32 Å². The molecule has 0 spiro atoms. The molecular formula is C13H7BrClFN2O3. The number of nitrogens with one attached hydrogen (secondary N) is 1. The molecule has 0 aromatic heterocycles. The Morgan fingerprint density at radius 2 is 2.05 bits per heavy atom. The van der Waals surface area contributed by atoms with E-state index in [9.17, 15) is 19.3 Å². The molecule has 2 aromatic rings. The molecule has 0 aliphatic heterocycles. The molecule has 1 N–H and O–H groups in total. The van der Waals surface area contributed by atoms with E-state index >= 15 is 0 Å². The first-order chi connectivity index (χ1) is 9.90. The number of rotatable bonds is 3. The highest BCUT2D eigenvalue weighted by Gasteiger charge is 2.17. The van der Waals surface area contributed by atoms with Crippen molar-refractivity contribution in [3.63, 3.8) is 0 Å². The number of carbonyl (C=O) groups excluding carboxylic acids is 1. The van der Waals surface area contributed by atoms with Gasteiger partial charge in [-0.3, -0.25) is 14.9 Å². The van der Waals surface area contributed by atoms with E-state index in [2.05, 4.69) is 21.2 Å². The van der Waals surface area contributed by atoms with E-state index in [1.807, 2.05) is 0 Å². The van der Waals surface area contributed by atoms with Crippen molar-refractivity contribution < 1.29 is 14.1 Å². The maximum atomic E-state index is 13.8. The normalized spacial score (nSPS) is 10.2. The Labute approximate surface area is 132 Å². The van der Waals surface area contributed by atoms with Crippen molar-refractivity contribution in [3.8, 4) is 0 Å². The summed E-state index contributed by atoms with van der Waals surface area (Å²) < 4.78 is 14.0. The second kappa shape index (κ2) is 6.19. The molecule has 0 aliphatic carbocycles. The first kappa shape index (κ1) is 15.4. The molecule has 5 nitrogen and oxygen atoms in total. The summed E-state index contributed by atoms with van der Waals surface area (Å²) in [6, 6.07) is 7.84. The number of nitro benzene ring substituents is 1. The molecule has 0 radical (unpaired) electrons. The molecular weight excluding hydrogens is 367 g/mol. The third-order valence-electron chi connectivity index (χ3n) is 2.61. The topological polar surface area (TPSA) is 72.2 Å². The van der Waals surface area contributed by atoms with Crippen molar-refractivity contribution in [2.45, 2.75) is 0 Å². The van der Waals surface area contributed by atoms with Gasteiger partial charge in [0, 0.05) is 12.1 Å². The van der Waals surface area contributed by atoms with Crippen LogP contribution in [0.5, 0.6) is 0 Å². The van der Waals surface area contributed by atoms with Gasteiger partial charge in [0.05, 0.1) is 25.7 Å². The Hall–Kier alpha value is -1.99. The average molecular weight is 374 g/mol. The lowest BCUT2D eigenvalue weighted by Gasteiger charge is -2.08. The minimum absolute atomic E-state index is 0.0373. The third kappa shape index (κ3) is 3.37. The van der Waals surface area contributed by atoms with Crippen LogP contribution >= 0.6 is 27.5 Å². The lowest BCUT2D eigenvalue weighted by molar-refractivity contribution is -0.384. The standard InChI is InChI=1S/C13H7BrClFN2O3/c14-9-3-1-2-8(12(9)16)13(19)17-11-6-7(18(20)21)4-5-10(11)15/h1-6H,(H,17,19). The number of nitro groups is 1. The van der Waals surface area contributed by atoms with E-state index in [1.165, 1.54) is 30.3 Å². The smallest absolute Gasteiger partial charge is 0.271 e. The SMILES string of the molecule is O=C(Nc1cc([N+](=O)[O-])ccc1Cl)c1cccc(Br)c1F. The summed E-state index contributed by atoms with van der Waals surface area (Å²) in [4.78, 5) is 22.1. The predicted molar refractivity (Wildman–Crippen MR) is 80.2 cm³/mol. The number of halogens is 3. The molecule has 0 bridgehead atoms. The second-order valence-electron chi connectivity index (χ2n) is 3.98. The molecule has 0 atom stereocenters. The summed E-state index contributed by atoms with van der Waals surface area (Å²) >= 11 is 8.84. The van der Waals surface area contributed by atoms with Crippen molar-refractivity contribution in [3.05, 3.63) is 67.4 Å². The van der Waals surface area contributed by atoms with Crippen molar-refractivity contribution >= 4 is 44.8 Å². The zero-order valence-electron chi connectivity index (χ0n) is 10.3. The molecule has 21 heavy (non-hydrogen) atoms. The summed E-state index contributed by atoms with van der Waals surface area (Å²) in [7, 11) is 0. The summed E-state index contributed by atoms with van der Waals surface area (Å²) in [5.41, 5.74) is -0.397. The van der Waals surface area contributed by atoms with Crippen LogP contribution in [0.1, 0.15) is 10.4 Å². The van der Waals surface area contributed by atoms with Crippen molar-refractivity contribution in [1.82, 2.24) is 0 Å². The Bertz CT molecular complexity index is 739. The molecule has 8 heteroatoms. The largest absolute Gasteiger partial charge is 0.320 e. The van der Waals surface area contributed by atoms with Gasteiger partial charge < -0.3 is 5.32 Å². The van der Waals surface area contributed by atoms with Gasteiger partial charge in [-0.2, -0.15) is 0 Å².